The number of ketones is 1. The van der Waals surface area contributed by atoms with Gasteiger partial charge in [0.2, 0.25) is 0 Å². The van der Waals surface area contributed by atoms with E-state index < -0.39 is 29.5 Å². The molecule has 1 saturated heterocycles. The van der Waals surface area contributed by atoms with Crippen molar-refractivity contribution < 1.29 is 39.4 Å². The van der Waals surface area contributed by atoms with Crippen molar-refractivity contribution in [3.63, 3.8) is 0 Å². The van der Waals surface area contributed by atoms with Crippen LogP contribution in [0.1, 0.15) is 76.4 Å². The van der Waals surface area contributed by atoms with Gasteiger partial charge in [0.15, 0.2) is 12.1 Å². The number of ether oxygens (including phenoxy) is 3. The number of carbonyl (C=O) groups excluding carboxylic acids is 1. The van der Waals surface area contributed by atoms with E-state index in [2.05, 4.69) is 0 Å². The number of benzene rings is 2. The summed E-state index contributed by atoms with van der Waals surface area (Å²) in [4.78, 5) is 13.5. The first-order valence-electron chi connectivity index (χ1n) is 11.8. The van der Waals surface area contributed by atoms with E-state index in [-0.39, 0.29) is 70.7 Å². The number of fused-ring (bicyclic) bond motifs is 3. The van der Waals surface area contributed by atoms with Crippen LogP contribution in [0.5, 0.6) is 17.2 Å². The second-order valence-electron chi connectivity index (χ2n) is 9.43. The first kappa shape index (κ1) is 23.7. The third-order valence-corrected chi connectivity index (χ3v) is 7.23. The molecule has 2 aromatic rings. The SMILES string of the molecule is COc1cccc2c1C(=N)c1c(O)c3c(c(O)c1C2=O)C[C@@](O)(CCO)C[C@@H]3O[C@H]1CCCCO1. The number of nitrogens with one attached hydrogen (secondary N) is 1. The van der Waals surface area contributed by atoms with Gasteiger partial charge in [-0.15, -0.1) is 0 Å². The van der Waals surface area contributed by atoms with Crippen LogP contribution < -0.4 is 4.74 Å². The van der Waals surface area contributed by atoms with E-state index in [1.165, 1.54) is 7.11 Å². The minimum absolute atomic E-state index is 0.0267. The fourth-order valence-electron chi connectivity index (χ4n) is 5.56. The van der Waals surface area contributed by atoms with Gasteiger partial charge in [0, 0.05) is 42.7 Å². The first-order valence-corrected chi connectivity index (χ1v) is 11.8. The van der Waals surface area contributed by atoms with Crippen molar-refractivity contribution in [1.82, 2.24) is 0 Å². The third-order valence-electron chi connectivity index (χ3n) is 7.23. The highest BCUT2D eigenvalue weighted by Crippen LogP contribution is 2.52. The Morgan fingerprint density at radius 1 is 1.17 bits per heavy atom. The first-order chi connectivity index (χ1) is 16.8. The van der Waals surface area contributed by atoms with Crippen molar-refractivity contribution in [3.05, 3.63) is 51.6 Å². The molecule has 3 aliphatic rings. The lowest BCUT2D eigenvalue weighted by Gasteiger charge is -2.41. The summed E-state index contributed by atoms with van der Waals surface area (Å²) in [7, 11) is 1.43. The van der Waals surface area contributed by atoms with Crippen LogP contribution in [-0.2, 0) is 15.9 Å². The zero-order valence-electron chi connectivity index (χ0n) is 19.5. The summed E-state index contributed by atoms with van der Waals surface area (Å²) >= 11 is 0. The second-order valence-corrected chi connectivity index (χ2v) is 9.43. The number of aromatic hydroxyl groups is 2. The monoisotopic (exact) mass is 483 g/mol. The number of phenolic OH excluding ortho intramolecular Hbond substituents is 2. The van der Waals surface area contributed by atoms with E-state index in [0.717, 1.165) is 12.8 Å². The molecule has 0 saturated carbocycles. The number of aliphatic hydroxyl groups excluding tert-OH is 1. The normalized spacial score (nSPS) is 25.6. The van der Waals surface area contributed by atoms with Crippen molar-refractivity contribution in [2.45, 2.75) is 56.5 Å². The van der Waals surface area contributed by atoms with Crippen LogP contribution in [0.2, 0.25) is 0 Å². The summed E-state index contributed by atoms with van der Waals surface area (Å²) in [5.41, 5.74) is -1.02. The molecule has 2 aliphatic carbocycles. The highest BCUT2D eigenvalue weighted by atomic mass is 16.7. The maximum absolute atomic E-state index is 13.5. The highest BCUT2D eigenvalue weighted by molar-refractivity contribution is 6.32. The molecule has 1 aliphatic heterocycles. The molecular weight excluding hydrogens is 454 g/mol. The van der Waals surface area contributed by atoms with E-state index in [1.54, 1.807) is 18.2 Å². The van der Waals surface area contributed by atoms with Gasteiger partial charge < -0.3 is 34.6 Å². The van der Waals surface area contributed by atoms with Gasteiger partial charge >= 0.3 is 0 Å². The minimum Gasteiger partial charge on any atom is -0.507 e. The van der Waals surface area contributed by atoms with Crippen LogP contribution in [0, 0.1) is 5.41 Å². The molecule has 3 atom stereocenters. The van der Waals surface area contributed by atoms with Crippen LogP contribution in [0.3, 0.4) is 0 Å². The lowest BCUT2D eigenvalue weighted by molar-refractivity contribution is -0.204. The molecule has 0 spiro atoms. The Kier molecular flexibility index (Phi) is 6.04. The molecule has 1 fully saturated rings. The minimum atomic E-state index is -1.43. The lowest BCUT2D eigenvalue weighted by atomic mass is 9.72. The number of carbonyl (C=O) groups is 1. The van der Waals surface area contributed by atoms with Gasteiger partial charge in [0.1, 0.15) is 17.2 Å². The van der Waals surface area contributed by atoms with E-state index in [0.29, 0.717) is 18.8 Å². The zero-order chi connectivity index (χ0) is 24.9. The molecule has 0 amide bonds. The van der Waals surface area contributed by atoms with Gasteiger partial charge in [-0.1, -0.05) is 12.1 Å². The summed E-state index contributed by atoms with van der Waals surface area (Å²) in [6, 6.07) is 4.79. The van der Waals surface area contributed by atoms with Crippen LogP contribution in [-0.4, -0.2) is 64.1 Å². The molecule has 0 aromatic heterocycles. The van der Waals surface area contributed by atoms with Gasteiger partial charge in [-0.2, -0.15) is 0 Å². The van der Waals surface area contributed by atoms with Crippen molar-refractivity contribution in [1.29, 1.82) is 5.41 Å². The maximum Gasteiger partial charge on any atom is 0.198 e. The highest BCUT2D eigenvalue weighted by Gasteiger charge is 2.46. The number of aliphatic hydroxyl groups is 2. The molecule has 186 valence electrons. The van der Waals surface area contributed by atoms with Crippen LogP contribution >= 0.6 is 0 Å². The summed E-state index contributed by atoms with van der Waals surface area (Å²) in [6.45, 7) is 0.245. The van der Waals surface area contributed by atoms with Crippen LogP contribution in [0.25, 0.3) is 0 Å². The zero-order valence-corrected chi connectivity index (χ0v) is 19.5. The quantitative estimate of drug-likeness (QED) is 0.348. The Morgan fingerprint density at radius 2 is 1.97 bits per heavy atom. The third kappa shape index (κ3) is 3.79. The smallest absolute Gasteiger partial charge is 0.198 e. The number of hydrogen-bond acceptors (Lipinski definition) is 9. The Bertz CT molecular complexity index is 1200. The Morgan fingerprint density at radius 3 is 2.66 bits per heavy atom. The average molecular weight is 484 g/mol. The average Bonchev–Trinajstić information content (AvgIpc) is 2.84. The predicted octanol–water partition coefficient (Wildman–Crippen LogP) is 2.71. The maximum atomic E-state index is 13.5. The van der Waals surface area contributed by atoms with Gasteiger partial charge in [-0.25, -0.2) is 0 Å². The molecule has 5 N–H and O–H groups in total. The Hall–Kier alpha value is -2.98. The molecule has 0 radical (unpaired) electrons. The topological polar surface area (TPSA) is 150 Å². The van der Waals surface area contributed by atoms with Crippen molar-refractivity contribution in [2.24, 2.45) is 0 Å². The summed E-state index contributed by atoms with van der Waals surface area (Å²) in [5.74, 6) is -0.978. The standard InChI is InChI=1S/C26H29NO8/c1-33-15-6-4-5-13-18(15)22(27)20-21(23(13)29)24(30)14-11-26(32,8-9-28)12-16(19(14)25(20)31)35-17-7-2-3-10-34-17/h4-6,16-17,27-28,30-32H,2-3,7-12H2,1H3/t16-,17-,26-/m0/s1. The van der Waals surface area contributed by atoms with Crippen molar-refractivity contribution >= 4 is 11.5 Å². The number of phenols is 2. The van der Waals surface area contributed by atoms with E-state index in [4.69, 9.17) is 19.6 Å². The predicted molar refractivity (Wildman–Crippen MR) is 125 cm³/mol. The summed E-state index contributed by atoms with van der Waals surface area (Å²) in [5, 5.41) is 52.5. The van der Waals surface area contributed by atoms with E-state index >= 15 is 0 Å². The van der Waals surface area contributed by atoms with Crippen LogP contribution in [0.4, 0.5) is 0 Å². The van der Waals surface area contributed by atoms with E-state index in [9.17, 15) is 25.2 Å². The Balaban J connectivity index is 1.70. The van der Waals surface area contributed by atoms with Crippen molar-refractivity contribution in [3.8, 4) is 17.2 Å². The van der Waals surface area contributed by atoms with E-state index in [1.807, 2.05) is 0 Å². The summed E-state index contributed by atoms with van der Waals surface area (Å²) in [6.07, 6.45) is 1.01. The molecule has 5 rings (SSSR count). The largest absolute Gasteiger partial charge is 0.507 e. The number of hydrogen-bond donors (Lipinski definition) is 5. The van der Waals surface area contributed by atoms with Gasteiger partial charge in [0.25, 0.3) is 0 Å². The molecular formula is C26H29NO8. The molecule has 9 heteroatoms. The molecule has 1 heterocycles. The van der Waals surface area contributed by atoms with Crippen LogP contribution in [0.15, 0.2) is 18.2 Å². The lowest BCUT2D eigenvalue weighted by Crippen LogP contribution is -2.41. The summed E-state index contributed by atoms with van der Waals surface area (Å²) < 4.78 is 17.3. The number of rotatable bonds is 5. The molecule has 9 nitrogen and oxygen atoms in total. The number of methoxy groups -OCH3 is 1. The Labute approximate surface area is 202 Å². The van der Waals surface area contributed by atoms with Crippen molar-refractivity contribution in [2.75, 3.05) is 20.3 Å². The van der Waals surface area contributed by atoms with Gasteiger partial charge in [-0.3, -0.25) is 10.2 Å². The van der Waals surface area contributed by atoms with Gasteiger partial charge in [-0.05, 0) is 31.7 Å². The molecule has 0 unspecified atom stereocenters. The molecule has 0 bridgehead atoms. The second kappa shape index (κ2) is 8.91. The fourth-order valence-corrected chi connectivity index (χ4v) is 5.56. The van der Waals surface area contributed by atoms with Gasteiger partial charge in [0.05, 0.1) is 41.2 Å². The molecule has 35 heavy (non-hydrogen) atoms. The fraction of sp³-hybridized carbons (Fsp3) is 0.462. The molecule has 2 aromatic carbocycles.